The minimum atomic E-state index is -4.50. The zero-order valence-electron chi connectivity index (χ0n) is 21.5. The fraction of sp³-hybridized carbons (Fsp3) is 0.600. The molecule has 0 radical (unpaired) electrons. The third kappa shape index (κ3) is 5.43. The van der Waals surface area contributed by atoms with Crippen LogP contribution in [-0.2, 0) is 23.8 Å². The maximum Gasteiger partial charge on any atom is 0.398 e. The molecule has 0 aliphatic heterocycles. The van der Waals surface area contributed by atoms with Gasteiger partial charge in [0.2, 0.25) is 0 Å². The van der Waals surface area contributed by atoms with E-state index in [0.29, 0.717) is 50.8 Å². The Bertz CT molecular complexity index is 962. The van der Waals surface area contributed by atoms with E-state index in [2.05, 4.69) is 4.90 Å². The zero-order valence-corrected chi connectivity index (χ0v) is 21.5. The van der Waals surface area contributed by atoms with E-state index in [1.807, 2.05) is 37.3 Å². The van der Waals surface area contributed by atoms with E-state index >= 15 is 0 Å². The molecular weight excluding hydrogens is 488 g/mol. The van der Waals surface area contributed by atoms with Crippen LogP contribution in [0.4, 0.5) is 26.3 Å². The highest BCUT2D eigenvalue weighted by Gasteiger charge is 2.60. The van der Waals surface area contributed by atoms with Gasteiger partial charge in [-0.3, -0.25) is 4.90 Å². The summed E-state index contributed by atoms with van der Waals surface area (Å²) in [5.41, 5.74) is -2.49. The van der Waals surface area contributed by atoms with Gasteiger partial charge in [-0.2, -0.15) is 26.3 Å². The van der Waals surface area contributed by atoms with Crippen LogP contribution in [0.5, 0.6) is 0 Å². The first-order valence-corrected chi connectivity index (χ1v) is 13.6. The number of alkyl halides is 6. The largest absolute Gasteiger partial charge is 0.398 e. The van der Waals surface area contributed by atoms with Crippen molar-refractivity contribution in [1.82, 2.24) is 4.90 Å². The smallest absolute Gasteiger partial charge is 0.299 e. The number of hydrogen-bond acceptors (Lipinski definition) is 1. The summed E-state index contributed by atoms with van der Waals surface area (Å²) in [6, 6.07) is 14.3. The summed E-state index contributed by atoms with van der Waals surface area (Å²) < 4.78 is 87.8. The molecule has 0 atom stereocenters. The van der Waals surface area contributed by atoms with Crippen molar-refractivity contribution >= 4 is 0 Å². The predicted octanol–water partition coefficient (Wildman–Crippen LogP) is 8.89. The van der Waals surface area contributed by atoms with E-state index < -0.39 is 23.2 Å². The molecule has 2 saturated carbocycles. The van der Waals surface area contributed by atoms with Gasteiger partial charge in [-0.05, 0) is 73.9 Å². The third-order valence-electron chi connectivity index (χ3n) is 8.80. The third-order valence-corrected chi connectivity index (χ3v) is 8.80. The Kier molecular flexibility index (Phi) is 8.32. The van der Waals surface area contributed by atoms with E-state index in [1.54, 1.807) is 0 Å². The minimum absolute atomic E-state index is 0.0545. The van der Waals surface area contributed by atoms with E-state index in [9.17, 15) is 26.3 Å². The van der Waals surface area contributed by atoms with Crippen molar-refractivity contribution in [3.8, 4) is 0 Å². The first kappa shape index (κ1) is 28.0. The average molecular weight is 526 g/mol. The first-order valence-electron chi connectivity index (χ1n) is 13.6. The number of hydrogen-bond donors (Lipinski definition) is 0. The van der Waals surface area contributed by atoms with Crippen LogP contribution in [0.15, 0.2) is 48.5 Å². The Morgan fingerprint density at radius 1 is 0.703 bits per heavy atom. The molecule has 0 bridgehead atoms. The van der Waals surface area contributed by atoms with E-state index in [-0.39, 0.29) is 43.2 Å². The minimum Gasteiger partial charge on any atom is -0.299 e. The summed E-state index contributed by atoms with van der Waals surface area (Å²) in [6.45, 7) is 4.08. The number of benzene rings is 2. The Morgan fingerprint density at radius 2 is 1.19 bits per heavy atom. The quantitative estimate of drug-likeness (QED) is 0.296. The standard InChI is InChI=1S/C30H37F6N/c1-2-37(22-23-12-4-3-5-13-23)21-11-14-24-25(27(29(31,32)33)17-6-7-18-27)15-10-16-26(24)28(30(34,35)36)19-8-9-20-28/h3-5,10,12-13,15-16H,2,6-9,11,14,17-22H2,1H3. The Balaban J connectivity index is 1.72. The van der Waals surface area contributed by atoms with E-state index in [4.69, 9.17) is 0 Å². The van der Waals surface area contributed by atoms with Gasteiger partial charge in [-0.25, -0.2) is 0 Å². The van der Waals surface area contributed by atoms with Crippen LogP contribution < -0.4 is 0 Å². The number of halogens is 6. The average Bonchev–Trinajstić information content (AvgIpc) is 3.55. The van der Waals surface area contributed by atoms with Crippen LogP contribution in [0.2, 0.25) is 0 Å². The van der Waals surface area contributed by atoms with Crippen molar-refractivity contribution in [1.29, 1.82) is 0 Å². The van der Waals surface area contributed by atoms with E-state index in [0.717, 1.165) is 12.1 Å². The molecule has 0 spiro atoms. The van der Waals surface area contributed by atoms with Crippen LogP contribution >= 0.6 is 0 Å². The molecule has 204 valence electrons. The Labute approximate surface area is 216 Å². The molecule has 2 aliphatic carbocycles. The summed E-state index contributed by atoms with van der Waals surface area (Å²) in [5, 5.41) is 0. The molecule has 37 heavy (non-hydrogen) atoms. The maximum atomic E-state index is 14.6. The molecule has 7 heteroatoms. The molecule has 2 aromatic carbocycles. The zero-order chi connectivity index (χ0) is 26.7. The fourth-order valence-corrected chi connectivity index (χ4v) is 6.79. The molecule has 0 amide bonds. The van der Waals surface area contributed by atoms with Gasteiger partial charge < -0.3 is 0 Å². The Morgan fingerprint density at radius 3 is 1.62 bits per heavy atom. The van der Waals surface area contributed by atoms with Crippen molar-refractivity contribution < 1.29 is 26.3 Å². The van der Waals surface area contributed by atoms with Gasteiger partial charge >= 0.3 is 12.4 Å². The second-order valence-corrected chi connectivity index (χ2v) is 10.9. The molecule has 0 aromatic heterocycles. The molecule has 4 rings (SSSR count). The molecular formula is C30H37F6N. The van der Waals surface area contributed by atoms with E-state index in [1.165, 1.54) is 18.2 Å². The molecule has 0 heterocycles. The van der Waals surface area contributed by atoms with Gasteiger partial charge in [0, 0.05) is 6.54 Å². The maximum absolute atomic E-state index is 14.6. The second kappa shape index (κ2) is 11.0. The SMILES string of the molecule is CCN(CCCc1c(C2(C(F)(F)F)CCCC2)cccc1C1(C(F)(F)F)CCCC1)Cc1ccccc1. The number of rotatable bonds is 9. The van der Waals surface area contributed by atoms with Crippen LogP contribution in [0.1, 0.15) is 87.0 Å². The lowest BCUT2D eigenvalue weighted by Gasteiger charge is -2.39. The van der Waals surface area contributed by atoms with Crippen molar-refractivity contribution in [2.45, 2.75) is 101 Å². The molecule has 2 aliphatic rings. The lowest BCUT2D eigenvalue weighted by molar-refractivity contribution is -0.191. The number of nitrogens with zero attached hydrogens (tertiary/aromatic N) is 1. The molecule has 0 saturated heterocycles. The summed E-state index contributed by atoms with van der Waals surface area (Å²) in [7, 11) is 0. The normalized spacial score (nSPS) is 19.6. The molecule has 0 N–H and O–H groups in total. The molecule has 2 fully saturated rings. The summed E-state index contributed by atoms with van der Waals surface area (Å²) in [5.74, 6) is 0. The van der Waals surface area contributed by atoms with Gasteiger partial charge in [0.1, 0.15) is 0 Å². The topological polar surface area (TPSA) is 3.24 Å². The highest BCUT2D eigenvalue weighted by molar-refractivity contribution is 5.47. The fourth-order valence-electron chi connectivity index (χ4n) is 6.79. The van der Waals surface area contributed by atoms with Gasteiger partial charge in [0.15, 0.2) is 0 Å². The van der Waals surface area contributed by atoms with Crippen molar-refractivity contribution in [2.24, 2.45) is 0 Å². The monoisotopic (exact) mass is 525 g/mol. The Hall–Kier alpha value is -2.02. The molecule has 1 nitrogen and oxygen atoms in total. The highest BCUT2D eigenvalue weighted by Crippen LogP contribution is 2.57. The van der Waals surface area contributed by atoms with Crippen LogP contribution in [0.25, 0.3) is 0 Å². The molecule has 0 unspecified atom stereocenters. The van der Waals surface area contributed by atoms with Gasteiger partial charge in [0.25, 0.3) is 0 Å². The van der Waals surface area contributed by atoms with Crippen LogP contribution in [0, 0.1) is 0 Å². The summed E-state index contributed by atoms with van der Waals surface area (Å²) in [4.78, 5) is 2.20. The summed E-state index contributed by atoms with van der Waals surface area (Å²) in [6.07, 6.45) is -6.74. The summed E-state index contributed by atoms with van der Waals surface area (Å²) >= 11 is 0. The van der Waals surface area contributed by atoms with Gasteiger partial charge in [0.05, 0.1) is 10.8 Å². The van der Waals surface area contributed by atoms with Crippen LogP contribution in [0.3, 0.4) is 0 Å². The van der Waals surface area contributed by atoms with Crippen molar-refractivity contribution in [3.63, 3.8) is 0 Å². The van der Waals surface area contributed by atoms with Gasteiger partial charge in [-0.15, -0.1) is 0 Å². The lowest BCUT2D eigenvalue weighted by Crippen LogP contribution is -2.44. The highest BCUT2D eigenvalue weighted by atomic mass is 19.4. The predicted molar refractivity (Wildman–Crippen MR) is 135 cm³/mol. The van der Waals surface area contributed by atoms with Gasteiger partial charge in [-0.1, -0.05) is 81.1 Å². The van der Waals surface area contributed by atoms with Crippen molar-refractivity contribution in [2.75, 3.05) is 13.1 Å². The van der Waals surface area contributed by atoms with Crippen molar-refractivity contribution in [3.05, 3.63) is 70.8 Å². The molecule has 2 aromatic rings. The second-order valence-electron chi connectivity index (χ2n) is 10.9. The van der Waals surface area contributed by atoms with Crippen LogP contribution in [-0.4, -0.2) is 30.3 Å². The first-order chi connectivity index (χ1) is 17.5. The lowest BCUT2D eigenvalue weighted by atomic mass is 9.69.